The van der Waals surface area contributed by atoms with Gasteiger partial charge >= 0.3 is 7.05 Å². The van der Waals surface area contributed by atoms with Gasteiger partial charge in [0.05, 0.1) is 23.8 Å². The quantitative estimate of drug-likeness (QED) is 0.389. The average molecular weight is 480 g/mol. The predicted octanol–water partition coefficient (Wildman–Crippen LogP) is 2.66. The predicted molar refractivity (Wildman–Crippen MR) is 131 cm³/mol. The van der Waals surface area contributed by atoms with E-state index in [0.29, 0.717) is 23.8 Å². The molecule has 6 rings (SSSR count). The van der Waals surface area contributed by atoms with E-state index in [1.807, 2.05) is 57.9 Å². The number of fused-ring (bicyclic) bond motifs is 3. The molecule has 1 aromatic carbocycles. The maximum absolute atomic E-state index is 15.5. The Bertz CT molecular complexity index is 1130. The first-order chi connectivity index (χ1) is 17.0. The lowest BCUT2D eigenvalue weighted by molar-refractivity contribution is 0.00393. The van der Waals surface area contributed by atoms with Gasteiger partial charge < -0.3 is 28.8 Å². The molecule has 3 aliphatic rings. The minimum Gasteiger partial charge on any atom is -0.467 e. The zero-order chi connectivity index (χ0) is 24.5. The molecule has 9 nitrogen and oxygen atoms in total. The summed E-state index contributed by atoms with van der Waals surface area (Å²) in [6.07, 6.45) is 5.94. The van der Waals surface area contributed by atoms with E-state index < -0.39 is 13.2 Å². The molecule has 3 fully saturated rings. The van der Waals surface area contributed by atoms with E-state index in [0.717, 1.165) is 24.1 Å². The van der Waals surface area contributed by atoms with Gasteiger partial charge in [-0.1, -0.05) is 0 Å². The van der Waals surface area contributed by atoms with Crippen molar-refractivity contribution in [1.29, 1.82) is 0 Å². The van der Waals surface area contributed by atoms with E-state index in [-0.39, 0.29) is 24.8 Å². The van der Waals surface area contributed by atoms with Gasteiger partial charge in [0.1, 0.15) is 11.9 Å². The lowest BCUT2D eigenvalue weighted by atomic mass is 9.68. The van der Waals surface area contributed by atoms with Gasteiger partial charge in [0.2, 0.25) is 0 Å². The van der Waals surface area contributed by atoms with Gasteiger partial charge in [0.15, 0.2) is 12.6 Å². The van der Waals surface area contributed by atoms with Crippen LogP contribution in [0, 0.1) is 5.92 Å². The first-order valence-corrected chi connectivity index (χ1v) is 11.9. The van der Waals surface area contributed by atoms with Crippen LogP contribution in [0.5, 0.6) is 5.75 Å². The van der Waals surface area contributed by atoms with Crippen LogP contribution in [-0.4, -0.2) is 82.4 Å². The number of hydrogen-bond acceptors (Lipinski definition) is 8. The molecule has 11 heteroatoms. The number of rotatable bonds is 8. The zero-order valence-electron chi connectivity index (χ0n) is 20.2. The molecule has 2 bridgehead atoms. The number of imidazole rings is 1. The summed E-state index contributed by atoms with van der Waals surface area (Å²) in [5.74, 6) is 1.35. The lowest BCUT2D eigenvalue weighted by Gasteiger charge is -2.54. The Morgan fingerprint density at radius 1 is 1.23 bits per heavy atom. The molecular formula is C24H30BFN6O3. The number of methoxy groups -OCH3 is 1. The number of nitrogens with zero attached hydrogens (tertiary/aromatic N) is 6. The second kappa shape index (κ2) is 9.92. The number of ether oxygens (including phenoxy) is 2. The molecule has 4 atom stereocenters. The van der Waals surface area contributed by atoms with Crippen molar-refractivity contribution in [2.24, 2.45) is 5.92 Å². The largest absolute Gasteiger partial charge is 0.467 e. The van der Waals surface area contributed by atoms with Crippen molar-refractivity contribution < 1.29 is 18.9 Å². The van der Waals surface area contributed by atoms with Crippen LogP contribution in [0.25, 0.3) is 16.9 Å². The Kier molecular flexibility index (Phi) is 6.72. The molecule has 1 saturated carbocycles. The second-order valence-electron chi connectivity index (χ2n) is 9.26. The fourth-order valence-corrected chi connectivity index (χ4v) is 5.46. The van der Waals surface area contributed by atoms with Crippen LogP contribution in [-0.2, 0) is 4.74 Å². The molecule has 4 heterocycles. The first kappa shape index (κ1) is 23.7. The highest BCUT2D eigenvalue weighted by Crippen LogP contribution is 2.41. The van der Waals surface area contributed by atoms with Crippen molar-refractivity contribution in [2.75, 3.05) is 32.4 Å². The van der Waals surface area contributed by atoms with E-state index >= 15 is 4.39 Å². The SMILES string of the molecule is COCOc1cc(-n2ccnc2)ccc1-c1ccc(N(C)[C@@H]2C3CCC([C@H]2F)N(B(C)O)C3)nn1. The Morgan fingerprint density at radius 3 is 2.74 bits per heavy atom. The van der Waals surface area contributed by atoms with Gasteiger partial charge in [0, 0.05) is 44.2 Å². The van der Waals surface area contributed by atoms with E-state index in [4.69, 9.17) is 9.47 Å². The third-order valence-electron chi connectivity index (χ3n) is 7.20. The highest BCUT2D eigenvalue weighted by atomic mass is 19.1. The molecule has 2 saturated heterocycles. The molecule has 2 aliphatic heterocycles. The normalized spacial score (nSPS) is 23.9. The standard InChI is InChI=1S/C24H30BFN6O3/c1-25(33)32-13-16-4-8-20(32)23(26)24(16)30(2)22-9-7-19(28-29-22)18-6-5-17(31-11-10-27-14-31)12-21(18)35-15-34-3/h5-7,9-12,14,16,20,23-24,33H,4,8,13,15H2,1-3H3/t16?,20?,23-,24-/m1/s1. The Labute approximate surface area is 204 Å². The highest BCUT2D eigenvalue weighted by molar-refractivity contribution is 6.45. The zero-order valence-corrected chi connectivity index (χ0v) is 20.2. The number of piperidine rings is 2. The first-order valence-electron chi connectivity index (χ1n) is 11.9. The van der Waals surface area contributed by atoms with Crippen LogP contribution < -0.4 is 9.64 Å². The average Bonchev–Trinajstić information content (AvgIpc) is 3.42. The molecule has 1 N–H and O–H groups in total. The van der Waals surface area contributed by atoms with E-state index in [1.54, 1.807) is 26.5 Å². The summed E-state index contributed by atoms with van der Waals surface area (Å²) in [4.78, 5) is 7.88. The summed E-state index contributed by atoms with van der Waals surface area (Å²) >= 11 is 0. The summed E-state index contributed by atoms with van der Waals surface area (Å²) < 4.78 is 28.3. The maximum Gasteiger partial charge on any atom is 0.376 e. The number of halogens is 1. The second-order valence-corrected chi connectivity index (χ2v) is 9.26. The van der Waals surface area contributed by atoms with Crippen molar-refractivity contribution in [1.82, 2.24) is 24.6 Å². The Balaban J connectivity index is 1.38. The lowest BCUT2D eigenvalue weighted by Crippen LogP contribution is -2.68. The number of anilines is 1. The number of alkyl halides is 1. The van der Waals surface area contributed by atoms with Gasteiger partial charge in [-0.25, -0.2) is 9.37 Å². The van der Waals surface area contributed by atoms with Gasteiger partial charge in [-0.2, -0.15) is 0 Å². The van der Waals surface area contributed by atoms with E-state index in [9.17, 15) is 5.02 Å². The summed E-state index contributed by atoms with van der Waals surface area (Å²) in [5.41, 5.74) is 2.32. The van der Waals surface area contributed by atoms with Gasteiger partial charge in [-0.15, -0.1) is 10.2 Å². The summed E-state index contributed by atoms with van der Waals surface area (Å²) in [7, 11) is 2.81. The molecule has 0 radical (unpaired) electrons. The van der Waals surface area contributed by atoms with Crippen LogP contribution in [0.4, 0.5) is 10.2 Å². The van der Waals surface area contributed by atoms with Gasteiger partial charge in [-0.05, 0) is 56.4 Å². The van der Waals surface area contributed by atoms with Crippen molar-refractivity contribution in [3.63, 3.8) is 0 Å². The third-order valence-corrected chi connectivity index (χ3v) is 7.20. The van der Waals surface area contributed by atoms with Crippen LogP contribution in [0.15, 0.2) is 49.1 Å². The van der Waals surface area contributed by atoms with Crippen LogP contribution in [0.2, 0.25) is 6.82 Å². The molecule has 0 spiro atoms. The number of hydrogen-bond donors (Lipinski definition) is 1. The van der Waals surface area contributed by atoms with Crippen molar-refractivity contribution in [2.45, 2.75) is 37.9 Å². The Hall–Kier alpha value is -3.02. The van der Waals surface area contributed by atoms with Crippen molar-refractivity contribution in [3.05, 3.63) is 49.1 Å². The molecule has 2 unspecified atom stereocenters. The molecule has 184 valence electrons. The molecule has 3 aromatic rings. The van der Waals surface area contributed by atoms with Crippen molar-refractivity contribution >= 4 is 12.9 Å². The van der Waals surface area contributed by atoms with Crippen LogP contribution in [0.3, 0.4) is 0 Å². The maximum atomic E-state index is 15.5. The summed E-state index contributed by atoms with van der Waals surface area (Å²) in [6, 6.07) is 8.97. The van der Waals surface area contributed by atoms with E-state index in [1.165, 1.54) is 0 Å². The minimum absolute atomic E-state index is 0.0975. The highest BCUT2D eigenvalue weighted by Gasteiger charge is 2.51. The van der Waals surface area contributed by atoms with Gasteiger partial charge in [-0.3, -0.25) is 0 Å². The van der Waals surface area contributed by atoms with Crippen LogP contribution in [0.1, 0.15) is 12.8 Å². The molecule has 1 aliphatic carbocycles. The third kappa shape index (κ3) is 4.51. The number of aromatic nitrogens is 4. The minimum atomic E-state index is -1.06. The monoisotopic (exact) mass is 480 g/mol. The molecule has 2 aromatic heterocycles. The van der Waals surface area contributed by atoms with E-state index in [2.05, 4.69) is 15.2 Å². The Morgan fingerprint density at radius 2 is 2.09 bits per heavy atom. The molecule has 0 amide bonds. The summed E-state index contributed by atoms with van der Waals surface area (Å²) in [6.45, 7) is 2.50. The smallest absolute Gasteiger partial charge is 0.376 e. The fourth-order valence-electron chi connectivity index (χ4n) is 5.46. The topological polar surface area (TPSA) is 88.8 Å². The van der Waals surface area contributed by atoms with Gasteiger partial charge in [0.25, 0.3) is 0 Å². The van der Waals surface area contributed by atoms with Crippen LogP contribution >= 0.6 is 0 Å². The summed E-state index contributed by atoms with van der Waals surface area (Å²) in [5, 5.41) is 18.9. The number of benzene rings is 1. The van der Waals surface area contributed by atoms with Crippen molar-refractivity contribution in [3.8, 4) is 22.7 Å². The molecular weight excluding hydrogens is 450 g/mol. The molecule has 35 heavy (non-hydrogen) atoms. The fraction of sp³-hybridized carbons (Fsp3) is 0.458.